The van der Waals surface area contributed by atoms with E-state index >= 15 is 0 Å². The van der Waals surface area contributed by atoms with Gasteiger partial charge in [0, 0.05) is 6.07 Å². The number of thiazole rings is 1. The fraction of sp³-hybridized carbons (Fsp3) is 0. The Morgan fingerprint density at radius 3 is 2.73 bits per heavy atom. The highest BCUT2D eigenvalue weighted by Gasteiger charge is 2.05. The van der Waals surface area contributed by atoms with Gasteiger partial charge in [0.2, 0.25) is 0 Å². The van der Waals surface area contributed by atoms with Gasteiger partial charge in [-0.05, 0) is 28.1 Å². The molecular formula is C9H5BrF2N2S. The molecule has 2 nitrogen and oxygen atoms in total. The minimum atomic E-state index is -0.638. The second-order valence-corrected chi connectivity index (χ2v) is 5.13. The molecule has 0 unspecified atom stereocenters. The van der Waals surface area contributed by atoms with Crippen molar-refractivity contribution in [2.45, 2.75) is 0 Å². The van der Waals surface area contributed by atoms with E-state index in [0.29, 0.717) is 5.13 Å². The topological polar surface area (TPSA) is 24.9 Å². The van der Waals surface area contributed by atoms with Gasteiger partial charge in [-0.25, -0.2) is 13.8 Å². The van der Waals surface area contributed by atoms with Crippen LogP contribution in [-0.2, 0) is 0 Å². The lowest BCUT2D eigenvalue weighted by Crippen LogP contribution is -1.93. The Morgan fingerprint density at radius 1 is 1.33 bits per heavy atom. The Labute approximate surface area is 97.1 Å². The molecule has 0 bridgehead atoms. The van der Waals surface area contributed by atoms with E-state index in [4.69, 9.17) is 0 Å². The SMILES string of the molecule is Fc1ccc(Nc2ncc(Br)s2)c(F)c1. The standard InChI is InChI=1S/C9H5BrF2N2S/c10-8-4-13-9(15-8)14-7-2-1-5(11)3-6(7)12/h1-4H,(H,13,14). The lowest BCUT2D eigenvalue weighted by molar-refractivity contribution is 0.586. The molecule has 1 heterocycles. The summed E-state index contributed by atoms with van der Waals surface area (Å²) in [6.07, 6.45) is 1.61. The molecule has 0 saturated heterocycles. The van der Waals surface area contributed by atoms with E-state index in [1.165, 1.54) is 23.5 Å². The number of benzene rings is 1. The van der Waals surface area contributed by atoms with Gasteiger partial charge in [0.05, 0.1) is 15.7 Å². The largest absolute Gasteiger partial charge is 0.329 e. The monoisotopic (exact) mass is 290 g/mol. The summed E-state index contributed by atoms with van der Waals surface area (Å²) in [7, 11) is 0. The van der Waals surface area contributed by atoms with E-state index in [1.807, 2.05) is 0 Å². The summed E-state index contributed by atoms with van der Waals surface area (Å²) in [5.74, 6) is -1.24. The zero-order valence-corrected chi connectivity index (χ0v) is 9.70. The van der Waals surface area contributed by atoms with E-state index < -0.39 is 11.6 Å². The van der Waals surface area contributed by atoms with Gasteiger partial charge in [-0.15, -0.1) is 0 Å². The molecule has 2 aromatic rings. The third kappa shape index (κ3) is 2.51. The van der Waals surface area contributed by atoms with Crippen LogP contribution in [0, 0.1) is 11.6 Å². The van der Waals surface area contributed by atoms with Gasteiger partial charge >= 0.3 is 0 Å². The van der Waals surface area contributed by atoms with Crippen LogP contribution >= 0.6 is 27.3 Å². The molecule has 0 saturated carbocycles. The highest BCUT2D eigenvalue weighted by Crippen LogP contribution is 2.27. The van der Waals surface area contributed by atoms with Crippen molar-refractivity contribution in [3.8, 4) is 0 Å². The first kappa shape index (κ1) is 10.5. The smallest absolute Gasteiger partial charge is 0.188 e. The fourth-order valence-corrected chi connectivity index (χ4v) is 2.14. The number of halogens is 3. The van der Waals surface area contributed by atoms with Crippen molar-refractivity contribution in [3.05, 3.63) is 39.8 Å². The third-order valence-electron chi connectivity index (χ3n) is 1.65. The van der Waals surface area contributed by atoms with E-state index in [1.54, 1.807) is 6.20 Å². The maximum atomic E-state index is 13.2. The summed E-state index contributed by atoms with van der Waals surface area (Å²) in [4.78, 5) is 3.97. The van der Waals surface area contributed by atoms with Gasteiger partial charge in [-0.3, -0.25) is 0 Å². The number of hydrogen-bond acceptors (Lipinski definition) is 3. The van der Waals surface area contributed by atoms with Crippen LogP contribution in [0.15, 0.2) is 28.2 Å². The second kappa shape index (κ2) is 4.24. The van der Waals surface area contributed by atoms with Gasteiger partial charge in [0.1, 0.15) is 11.6 Å². The molecule has 1 N–H and O–H groups in total. The molecule has 1 aromatic carbocycles. The van der Waals surface area contributed by atoms with E-state index in [9.17, 15) is 8.78 Å². The van der Waals surface area contributed by atoms with Crippen molar-refractivity contribution < 1.29 is 8.78 Å². The highest BCUT2D eigenvalue weighted by atomic mass is 79.9. The fourth-order valence-electron chi connectivity index (χ4n) is 1.02. The van der Waals surface area contributed by atoms with Gasteiger partial charge in [0.25, 0.3) is 0 Å². The third-order valence-corrected chi connectivity index (χ3v) is 3.04. The average Bonchev–Trinajstić information content (AvgIpc) is 2.56. The molecule has 0 aliphatic heterocycles. The maximum Gasteiger partial charge on any atom is 0.188 e. The second-order valence-electron chi connectivity index (χ2n) is 2.72. The number of nitrogens with one attached hydrogen (secondary N) is 1. The van der Waals surface area contributed by atoms with Crippen molar-refractivity contribution >= 4 is 38.1 Å². The molecule has 0 aliphatic carbocycles. The predicted octanol–water partition coefficient (Wildman–Crippen LogP) is 3.93. The molecule has 6 heteroatoms. The average molecular weight is 291 g/mol. The Bertz CT molecular complexity index is 487. The molecule has 78 valence electrons. The minimum absolute atomic E-state index is 0.207. The quantitative estimate of drug-likeness (QED) is 0.907. The Hall–Kier alpha value is -1.01. The molecule has 0 aliphatic rings. The first-order chi connectivity index (χ1) is 7.15. The van der Waals surface area contributed by atoms with Crippen LogP contribution in [0.1, 0.15) is 0 Å². The predicted molar refractivity (Wildman–Crippen MR) is 59.5 cm³/mol. The normalized spacial score (nSPS) is 10.3. The Kier molecular flexibility index (Phi) is 2.97. The van der Waals surface area contributed by atoms with Crippen LogP contribution in [0.25, 0.3) is 0 Å². The van der Waals surface area contributed by atoms with Crippen molar-refractivity contribution in [3.63, 3.8) is 0 Å². The molecular weight excluding hydrogens is 286 g/mol. The minimum Gasteiger partial charge on any atom is -0.329 e. The molecule has 2 rings (SSSR count). The van der Waals surface area contributed by atoms with Crippen LogP contribution in [0.4, 0.5) is 19.6 Å². The van der Waals surface area contributed by atoms with E-state index in [2.05, 4.69) is 26.2 Å². The van der Waals surface area contributed by atoms with Crippen LogP contribution in [-0.4, -0.2) is 4.98 Å². The van der Waals surface area contributed by atoms with Crippen LogP contribution < -0.4 is 5.32 Å². The zero-order chi connectivity index (χ0) is 10.8. The van der Waals surface area contributed by atoms with Crippen molar-refractivity contribution in [2.75, 3.05) is 5.32 Å². The molecule has 0 atom stereocenters. The first-order valence-electron chi connectivity index (χ1n) is 3.98. The Morgan fingerprint density at radius 2 is 2.13 bits per heavy atom. The summed E-state index contributed by atoms with van der Waals surface area (Å²) in [5, 5.41) is 3.30. The first-order valence-corrected chi connectivity index (χ1v) is 5.59. The summed E-state index contributed by atoms with van der Waals surface area (Å²) in [6.45, 7) is 0. The van der Waals surface area contributed by atoms with Crippen molar-refractivity contribution in [1.82, 2.24) is 4.98 Å². The van der Waals surface area contributed by atoms with Gasteiger partial charge in [-0.2, -0.15) is 0 Å². The highest BCUT2D eigenvalue weighted by molar-refractivity contribution is 9.11. The molecule has 15 heavy (non-hydrogen) atoms. The summed E-state index contributed by atoms with van der Waals surface area (Å²) >= 11 is 4.57. The lowest BCUT2D eigenvalue weighted by atomic mass is 10.3. The van der Waals surface area contributed by atoms with Crippen LogP contribution in [0.3, 0.4) is 0 Å². The zero-order valence-electron chi connectivity index (χ0n) is 7.30. The summed E-state index contributed by atoms with van der Waals surface area (Å²) < 4.78 is 26.6. The number of nitrogens with zero attached hydrogens (tertiary/aromatic N) is 1. The van der Waals surface area contributed by atoms with Gasteiger partial charge in [-0.1, -0.05) is 11.3 Å². The van der Waals surface area contributed by atoms with E-state index in [-0.39, 0.29) is 5.69 Å². The van der Waals surface area contributed by atoms with Gasteiger partial charge < -0.3 is 5.32 Å². The van der Waals surface area contributed by atoms with Crippen LogP contribution in [0.5, 0.6) is 0 Å². The van der Waals surface area contributed by atoms with E-state index in [0.717, 1.165) is 9.85 Å². The number of anilines is 2. The molecule has 0 fully saturated rings. The van der Waals surface area contributed by atoms with Crippen molar-refractivity contribution in [1.29, 1.82) is 0 Å². The molecule has 1 aromatic heterocycles. The molecule has 0 radical (unpaired) electrons. The number of rotatable bonds is 2. The van der Waals surface area contributed by atoms with Gasteiger partial charge in [0.15, 0.2) is 5.13 Å². The van der Waals surface area contributed by atoms with Crippen molar-refractivity contribution in [2.24, 2.45) is 0 Å². The number of hydrogen-bond donors (Lipinski definition) is 1. The summed E-state index contributed by atoms with van der Waals surface area (Å²) in [5.41, 5.74) is 0.207. The maximum absolute atomic E-state index is 13.2. The number of aromatic nitrogens is 1. The molecule has 0 amide bonds. The van der Waals surface area contributed by atoms with Crippen LogP contribution in [0.2, 0.25) is 0 Å². The Balaban J connectivity index is 2.24. The molecule has 0 spiro atoms. The lowest BCUT2D eigenvalue weighted by Gasteiger charge is -2.03. The summed E-state index contributed by atoms with van der Waals surface area (Å²) in [6, 6.07) is 3.35.